The van der Waals surface area contributed by atoms with Crippen LogP contribution in [-0.4, -0.2) is 37.0 Å². The van der Waals surface area contributed by atoms with Gasteiger partial charge >= 0.3 is 0 Å². The van der Waals surface area contributed by atoms with Gasteiger partial charge in [-0.3, -0.25) is 0 Å². The molecule has 0 radical (unpaired) electrons. The lowest BCUT2D eigenvalue weighted by molar-refractivity contribution is 0.213. The number of aliphatic hydroxyl groups excluding tert-OH is 1. The van der Waals surface area contributed by atoms with E-state index in [9.17, 15) is 17.9 Å². The maximum absolute atomic E-state index is 13.3. The molecule has 19 heavy (non-hydrogen) atoms. The Kier molecular flexibility index (Phi) is 4.14. The molecule has 5 nitrogen and oxygen atoms in total. The molecule has 3 N–H and O–H groups in total. The number of anilines is 1. The summed E-state index contributed by atoms with van der Waals surface area (Å²) in [5.41, 5.74) is 5.20. The summed E-state index contributed by atoms with van der Waals surface area (Å²) in [7, 11) is -3.79. The Hall–Kier alpha value is -0.700. The summed E-state index contributed by atoms with van der Waals surface area (Å²) in [5.74, 6) is -0.675. The Labute approximate surface area is 119 Å². The van der Waals surface area contributed by atoms with E-state index in [1.54, 1.807) is 0 Å². The van der Waals surface area contributed by atoms with Crippen LogP contribution in [0.4, 0.5) is 10.1 Å². The second-order valence-corrected chi connectivity index (χ2v) is 7.11. The number of sulfonamides is 1. The fourth-order valence-corrected chi connectivity index (χ4v) is 4.87. The average Bonchev–Trinajstić information content (AvgIpc) is 2.82. The molecule has 1 aliphatic heterocycles. The van der Waals surface area contributed by atoms with E-state index in [1.807, 2.05) is 0 Å². The van der Waals surface area contributed by atoms with Crippen molar-refractivity contribution in [1.82, 2.24) is 4.31 Å². The molecule has 0 aromatic heterocycles. The number of nitrogens with zero attached hydrogens (tertiary/aromatic N) is 1. The van der Waals surface area contributed by atoms with Crippen LogP contribution in [0.5, 0.6) is 0 Å². The number of hydrogen-bond donors (Lipinski definition) is 2. The van der Waals surface area contributed by atoms with E-state index in [0.717, 1.165) is 12.1 Å². The SMILES string of the molecule is Nc1cc(S(=O)(=O)N2CCC[C@H]2CO)c(Br)cc1F. The molecule has 2 rings (SSSR count). The van der Waals surface area contributed by atoms with Crippen LogP contribution in [0.25, 0.3) is 0 Å². The van der Waals surface area contributed by atoms with E-state index in [4.69, 9.17) is 5.73 Å². The third-order valence-electron chi connectivity index (χ3n) is 3.17. The molecular weight excluding hydrogens is 339 g/mol. The third kappa shape index (κ3) is 2.62. The van der Waals surface area contributed by atoms with Crippen LogP contribution < -0.4 is 5.73 Å². The van der Waals surface area contributed by atoms with Crippen molar-refractivity contribution in [3.05, 3.63) is 22.4 Å². The lowest BCUT2D eigenvalue weighted by Gasteiger charge is -2.23. The molecule has 106 valence electrons. The lowest BCUT2D eigenvalue weighted by Crippen LogP contribution is -2.37. The largest absolute Gasteiger partial charge is 0.396 e. The van der Waals surface area contributed by atoms with E-state index in [1.165, 1.54) is 4.31 Å². The molecule has 0 spiro atoms. The average molecular weight is 353 g/mol. The van der Waals surface area contributed by atoms with Crippen LogP contribution in [0.2, 0.25) is 0 Å². The molecular formula is C11H14BrFN2O3S. The number of hydrogen-bond acceptors (Lipinski definition) is 4. The molecule has 0 aliphatic carbocycles. The molecule has 0 unspecified atom stereocenters. The molecule has 1 aromatic carbocycles. The zero-order valence-corrected chi connectivity index (χ0v) is 12.4. The van der Waals surface area contributed by atoms with Gasteiger partial charge in [0.15, 0.2) is 0 Å². The Morgan fingerprint density at radius 3 is 2.84 bits per heavy atom. The second kappa shape index (κ2) is 5.35. The minimum Gasteiger partial charge on any atom is -0.396 e. The molecule has 1 heterocycles. The first-order valence-electron chi connectivity index (χ1n) is 5.75. The third-order valence-corrected chi connectivity index (χ3v) is 6.08. The predicted molar refractivity (Wildman–Crippen MR) is 72.5 cm³/mol. The highest BCUT2D eigenvalue weighted by Crippen LogP contribution is 2.32. The topological polar surface area (TPSA) is 83.6 Å². The van der Waals surface area contributed by atoms with Crippen molar-refractivity contribution in [2.45, 2.75) is 23.8 Å². The summed E-state index contributed by atoms with van der Waals surface area (Å²) >= 11 is 3.04. The van der Waals surface area contributed by atoms with Crippen LogP contribution >= 0.6 is 15.9 Å². The normalized spacial score (nSPS) is 20.9. The zero-order chi connectivity index (χ0) is 14.2. The molecule has 0 saturated carbocycles. The first-order valence-corrected chi connectivity index (χ1v) is 7.98. The fraction of sp³-hybridized carbons (Fsp3) is 0.455. The van der Waals surface area contributed by atoms with E-state index in [-0.39, 0.29) is 21.7 Å². The molecule has 1 fully saturated rings. The van der Waals surface area contributed by atoms with Crippen molar-refractivity contribution in [3.8, 4) is 0 Å². The zero-order valence-electron chi connectivity index (χ0n) is 10.0. The molecule has 1 aliphatic rings. The van der Waals surface area contributed by atoms with Gasteiger partial charge in [-0.05, 0) is 40.9 Å². The van der Waals surface area contributed by atoms with Gasteiger partial charge in [0.05, 0.1) is 17.2 Å². The first-order chi connectivity index (χ1) is 8.87. The monoisotopic (exact) mass is 352 g/mol. The number of aliphatic hydroxyl groups is 1. The summed E-state index contributed by atoms with van der Waals surface area (Å²) in [4.78, 5) is -0.0771. The van der Waals surface area contributed by atoms with Gasteiger partial charge < -0.3 is 10.8 Å². The van der Waals surface area contributed by atoms with E-state index in [0.29, 0.717) is 19.4 Å². The van der Waals surface area contributed by atoms with Gasteiger partial charge in [0.25, 0.3) is 0 Å². The maximum atomic E-state index is 13.3. The summed E-state index contributed by atoms with van der Waals surface area (Å²) in [6.45, 7) is 0.116. The molecule has 1 aromatic rings. The Balaban J connectivity index is 2.48. The lowest BCUT2D eigenvalue weighted by atomic mass is 10.2. The van der Waals surface area contributed by atoms with Crippen molar-refractivity contribution in [2.24, 2.45) is 0 Å². The number of rotatable bonds is 3. The van der Waals surface area contributed by atoms with Crippen LogP contribution in [-0.2, 0) is 10.0 Å². The van der Waals surface area contributed by atoms with Crippen molar-refractivity contribution in [3.63, 3.8) is 0 Å². The van der Waals surface area contributed by atoms with Crippen molar-refractivity contribution in [1.29, 1.82) is 0 Å². The maximum Gasteiger partial charge on any atom is 0.244 e. The summed E-state index contributed by atoms with van der Waals surface area (Å²) in [6.07, 6.45) is 1.31. The smallest absolute Gasteiger partial charge is 0.244 e. The molecule has 1 atom stereocenters. The highest BCUT2D eigenvalue weighted by atomic mass is 79.9. The Bertz CT molecular complexity index is 594. The first kappa shape index (κ1) is 14.7. The summed E-state index contributed by atoms with van der Waals surface area (Å²) in [6, 6.07) is 1.71. The number of benzene rings is 1. The van der Waals surface area contributed by atoms with Crippen molar-refractivity contribution in [2.75, 3.05) is 18.9 Å². The van der Waals surface area contributed by atoms with E-state index < -0.39 is 21.9 Å². The van der Waals surface area contributed by atoms with Gasteiger partial charge in [0.2, 0.25) is 10.0 Å². The van der Waals surface area contributed by atoms with Gasteiger partial charge in [0, 0.05) is 17.1 Å². The molecule has 0 bridgehead atoms. The van der Waals surface area contributed by atoms with Crippen LogP contribution in [0.15, 0.2) is 21.5 Å². The Morgan fingerprint density at radius 2 is 2.21 bits per heavy atom. The number of nitrogens with two attached hydrogens (primary N) is 1. The second-order valence-electron chi connectivity index (χ2n) is 4.40. The minimum absolute atomic E-state index is 0.0771. The molecule has 1 saturated heterocycles. The Morgan fingerprint density at radius 1 is 1.53 bits per heavy atom. The van der Waals surface area contributed by atoms with Crippen LogP contribution in [0.1, 0.15) is 12.8 Å². The van der Waals surface area contributed by atoms with E-state index >= 15 is 0 Å². The van der Waals surface area contributed by atoms with E-state index in [2.05, 4.69) is 15.9 Å². The summed E-state index contributed by atoms with van der Waals surface area (Å²) < 4.78 is 39.6. The van der Waals surface area contributed by atoms with Gasteiger partial charge in [0.1, 0.15) is 5.82 Å². The van der Waals surface area contributed by atoms with Crippen molar-refractivity contribution >= 4 is 31.6 Å². The number of halogens is 2. The van der Waals surface area contributed by atoms with Crippen LogP contribution in [0.3, 0.4) is 0 Å². The van der Waals surface area contributed by atoms with Crippen LogP contribution in [0, 0.1) is 5.82 Å². The highest BCUT2D eigenvalue weighted by Gasteiger charge is 2.36. The van der Waals surface area contributed by atoms with Gasteiger partial charge in [-0.25, -0.2) is 12.8 Å². The summed E-state index contributed by atoms with van der Waals surface area (Å²) in [5, 5.41) is 9.21. The fourth-order valence-electron chi connectivity index (χ4n) is 2.18. The number of nitrogen functional groups attached to an aromatic ring is 1. The molecule has 8 heteroatoms. The van der Waals surface area contributed by atoms with Gasteiger partial charge in [-0.2, -0.15) is 4.31 Å². The van der Waals surface area contributed by atoms with Gasteiger partial charge in [-0.15, -0.1) is 0 Å². The highest BCUT2D eigenvalue weighted by molar-refractivity contribution is 9.10. The quantitative estimate of drug-likeness (QED) is 0.803. The molecule has 0 amide bonds. The minimum atomic E-state index is -3.79. The van der Waals surface area contributed by atoms with Gasteiger partial charge in [-0.1, -0.05) is 0 Å². The predicted octanol–water partition coefficient (Wildman–Crippen LogP) is 1.32. The van der Waals surface area contributed by atoms with Crippen molar-refractivity contribution < 1.29 is 17.9 Å². The standard InChI is InChI=1S/C11H14BrFN2O3S/c12-8-4-9(13)10(14)5-11(8)19(17,18)15-3-1-2-7(15)6-16/h4-5,7,16H,1-3,6,14H2/t7-/m0/s1.